The summed E-state index contributed by atoms with van der Waals surface area (Å²) in [6.07, 6.45) is 0. The third-order valence-corrected chi connectivity index (χ3v) is 4.95. The lowest BCUT2D eigenvalue weighted by Gasteiger charge is -2.24. The fourth-order valence-corrected chi connectivity index (χ4v) is 3.28. The quantitative estimate of drug-likeness (QED) is 0.612. The summed E-state index contributed by atoms with van der Waals surface area (Å²) in [5, 5.41) is 12.9. The topological polar surface area (TPSA) is 99.3 Å². The number of carbonyl (C=O) groups is 2. The Kier molecular flexibility index (Phi) is 5.25. The van der Waals surface area contributed by atoms with Crippen molar-refractivity contribution in [3.05, 3.63) is 80.6 Å². The van der Waals surface area contributed by atoms with E-state index in [2.05, 4.69) is 10.3 Å². The minimum atomic E-state index is -1.32. The van der Waals surface area contributed by atoms with Gasteiger partial charge >= 0.3 is 5.97 Å². The Labute approximate surface area is 166 Å². The Bertz CT molecular complexity index is 1120. The molecule has 144 valence electrons. The molecule has 6 nitrogen and oxygen atoms in total. The van der Waals surface area contributed by atoms with Gasteiger partial charge in [-0.1, -0.05) is 41.9 Å². The van der Waals surface area contributed by atoms with Gasteiger partial charge in [-0.3, -0.25) is 9.59 Å². The molecule has 0 fully saturated rings. The van der Waals surface area contributed by atoms with Gasteiger partial charge in [-0.25, -0.2) is 4.79 Å². The van der Waals surface area contributed by atoms with Crippen LogP contribution in [0.25, 0.3) is 10.9 Å². The molecule has 0 atom stereocenters. The van der Waals surface area contributed by atoms with Crippen molar-refractivity contribution in [1.29, 1.82) is 0 Å². The molecule has 0 aliphatic heterocycles. The van der Waals surface area contributed by atoms with E-state index < -0.39 is 16.9 Å². The highest BCUT2D eigenvalue weighted by molar-refractivity contribution is 6.31. The maximum atomic E-state index is 12.8. The van der Waals surface area contributed by atoms with E-state index in [0.717, 1.165) is 5.56 Å². The monoisotopic (exact) mass is 398 g/mol. The van der Waals surface area contributed by atoms with Gasteiger partial charge < -0.3 is 15.4 Å². The minimum absolute atomic E-state index is 0.133. The van der Waals surface area contributed by atoms with E-state index >= 15 is 0 Å². The molecule has 3 aromatic rings. The van der Waals surface area contributed by atoms with Crippen LogP contribution in [-0.4, -0.2) is 22.0 Å². The molecule has 1 heterocycles. The van der Waals surface area contributed by atoms with Crippen molar-refractivity contribution in [2.24, 2.45) is 0 Å². The van der Waals surface area contributed by atoms with Gasteiger partial charge in [-0.15, -0.1) is 0 Å². The molecule has 0 saturated heterocycles. The Morgan fingerprint density at radius 1 is 1.14 bits per heavy atom. The molecule has 0 unspecified atom stereocenters. The molecule has 0 aliphatic carbocycles. The van der Waals surface area contributed by atoms with Crippen LogP contribution in [0.5, 0.6) is 0 Å². The lowest BCUT2D eigenvalue weighted by Crippen LogP contribution is -2.39. The molecule has 3 rings (SSSR count). The first-order chi connectivity index (χ1) is 13.2. The fourth-order valence-electron chi connectivity index (χ4n) is 3.04. The van der Waals surface area contributed by atoms with Crippen LogP contribution in [-0.2, 0) is 16.8 Å². The number of aromatic carboxylic acids is 1. The number of pyridine rings is 1. The SMILES string of the molecule is CC(C)(C(=O)NCc1cc(Cl)cc2cc(C(=O)O)c(=O)[nH]c12)c1ccccc1. The van der Waals surface area contributed by atoms with E-state index in [0.29, 0.717) is 21.5 Å². The number of carboxylic acids is 1. The molecule has 1 amide bonds. The first-order valence-electron chi connectivity index (χ1n) is 8.62. The second-order valence-corrected chi connectivity index (χ2v) is 7.46. The number of rotatable bonds is 5. The van der Waals surface area contributed by atoms with E-state index in [9.17, 15) is 14.4 Å². The van der Waals surface area contributed by atoms with Gasteiger partial charge in [0.2, 0.25) is 5.91 Å². The highest BCUT2D eigenvalue weighted by Gasteiger charge is 2.29. The Hall–Kier alpha value is -3.12. The zero-order chi connectivity index (χ0) is 20.5. The molecule has 0 radical (unpaired) electrons. The average Bonchev–Trinajstić information content (AvgIpc) is 2.66. The number of aromatic nitrogens is 1. The van der Waals surface area contributed by atoms with Crippen LogP contribution in [0.2, 0.25) is 5.02 Å². The number of carboxylic acid groups (broad SMARTS) is 1. The van der Waals surface area contributed by atoms with Gasteiger partial charge in [0, 0.05) is 17.0 Å². The summed E-state index contributed by atoms with van der Waals surface area (Å²) in [6, 6.07) is 13.9. The number of carbonyl (C=O) groups excluding carboxylic acids is 1. The molecular formula is C21H19ClN2O4. The third kappa shape index (κ3) is 3.77. The zero-order valence-electron chi connectivity index (χ0n) is 15.4. The van der Waals surface area contributed by atoms with Gasteiger partial charge in [-0.05, 0) is 43.2 Å². The van der Waals surface area contributed by atoms with Crippen molar-refractivity contribution in [2.45, 2.75) is 25.8 Å². The van der Waals surface area contributed by atoms with Gasteiger partial charge in [0.1, 0.15) is 5.56 Å². The number of hydrogen-bond donors (Lipinski definition) is 3. The van der Waals surface area contributed by atoms with Crippen LogP contribution in [0, 0.1) is 0 Å². The van der Waals surface area contributed by atoms with Crippen molar-refractivity contribution in [3.63, 3.8) is 0 Å². The van der Waals surface area contributed by atoms with Crippen LogP contribution in [0.15, 0.2) is 53.3 Å². The summed E-state index contributed by atoms with van der Waals surface area (Å²) < 4.78 is 0. The highest BCUT2D eigenvalue weighted by Crippen LogP contribution is 2.25. The number of aromatic amines is 1. The number of fused-ring (bicyclic) bond motifs is 1. The number of H-pyrrole nitrogens is 1. The van der Waals surface area contributed by atoms with E-state index in [1.165, 1.54) is 6.07 Å². The summed E-state index contributed by atoms with van der Waals surface area (Å²) in [6.45, 7) is 3.79. The number of hydrogen-bond acceptors (Lipinski definition) is 3. The molecule has 0 saturated carbocycles. The Balaban J connectivity index is 1.92. The van der Waals surface area contributed by atoms with E-state index in [1.807, 2.05) is 44.2 Å². The first kappa shape index (κ1) is 19.6. The smallest absolute Gasteiger partial charge is 0.341 e. The Morgan fingerprint density at radius 2 is 1.82 bits per heavy atom. The molecule has 1 aromatic heterocycles. The van der Waals surface area contributed by atoms with Gasteiger partial charge in [0.15, 0.2) is 0 Å². The van der Waals surface area contributed by atoms with Crippen LogP contribution in [0.1, 0.15) is 35.3 Å². The molecule has 0 bridgehead atoms. The number of amides is 1. The lowest BCUT2D eigenvalue weighted by atomic mass is 9.83. The van der Waals surface area contributed by atoms with Crippen molar-refractivity contribution >= 4 is 34.4 Å². The van der Waals surface area contributed by atoms with Gasteiger partial charge in [-0.2, -0.15) is 0 Å². The maximum Gasteiger partial charge on any atom is 0.341 e. The molecule has 2 aromatic carbocycles. The summed E-state index contributed by atoms with van der Waals surface area (Å²) in [5.41, 5.74) is 0.0860. The van der Waals surface area contributed by atoms with Crippen molar-refractivity contribution in [2.75, 3.05) is 0 Å². The molecule has 28 heavy (non-hydrogen) atoms. The number of nitrogens with one attached hydrogen (secondary N) is 2. The molecule has 3 N–H and O–H groups in total. The van der Waals surface area contributed by atoms with E-state index in [1.54, 1.807) is 12.1 Å². The second-order valence-electron chi connectivity index (χ2n) is 7.02. The van der Waals surface area contributed by atoms with Gasteiger partial charge in [0.25, 0.3) is 5.56 Å². The normalized spacial score (nSPS) is 11.4. The molecule has 0 aliphatic rings. The van der Waals surface area contributed by atoms with Crippen LogP contribution < -0.4 is 10.9 Å². The lowest BCUT2D eigenvalue weighted by molar-refractivity contribution is -0.125. The summed E-state index contributed by atoms with van der Waals surface area (Å²) in [5.74, 6) is -1.50. The minimum Gasteiger partial charge on any atom is -0.477 e. The number of halogens is 1. The summed E-state index contributed by atoms with van der Waals surface area (Å²) in [4.78, 5) is 38.6. The standard InChI is InChI=1S/C21H19ClN2O4/c1-21(2,14-6-4-3-5-7-14)20(28)23-11-13-9-15(22)8-12-10-16(19(26)27)18(25)24-17(12)13/h3-10H,11H2,1-2H3,(H,23,28)(H,24,25)(H,26,27). The van der Waals surface area contributed by atoms with Crippen LogP contribution in [0.4, 0.5) is 0 Å². The average molecular weight is 399 g/mol. The van der Waals surface area contributed by atoms with Crippen molar-refractivity contribution < 1.29 is 14.7 Å². The van der Waals surface area contributed by atoms with Crippen LogP contribution >= 0.6 is 11.6 Å². The highest BCUT2D eigenvalue weighted by atomic mass is 35.5. The van der Waals surface area contributed by atoms with Crippen molar-refractivity contribution in [1.82, 2.24) is 10.3 Å². The predicted octanol–water partition coefficient (Wildman–Crippen LogP) is 3.47. The first-order valence-corrected chi connectivity index (χ1v) is 9.00. The largest absolute Gasteiger partial charge is 0.477 e. The molecular weight excluding hydrogens is 380 g/mol. The maximum absolute atomic E-state index is 12.8. The van der Waals surface area contributed by atoms with Crippen LogP contribution in [0.3, 0.4) is 0 Å². The summed E-state index contributed by atoms with van der Waals surface area (Å²) in [7, 11) is 0. The zero-order valence-corrected chi connectivity index (χ0v) is 16.1. The third-order valence-electron chi connectivity index (χ3n) is 4.73. The molecule has 0 spiro atoms. The number of benzene rings is 2. The molecule has 7 heteroatoms. The Morgan fingerprint density at radius 3 is 2.46 bits per heavy atom. The van der Waals surface area contributed by atoms with Gasteiger partial charge in [0.05, 0.1) is 10.9 Å². The second kappa shape index (κ2) is 7.48. The van der Waals surface area contributed by atoms with E-state index in [4.69, 9.17) is 16.7 Å². The fraction of sp³-hybridized carbons (Fsp3) is 0.190. The van der Waals surface area contributed by atoms with Crippen molar-refractivity contribution in [3.8, 4) is 0 Å². The van der Waals surface area contributed by atoms with E-state index in [-0.39, 0.29) is 18.0 Å². The predicted molar refractivity (Wildman–Crippen MR) is 108 cm³/mol. The summed E-state index contributed by atoms with van der Waals surface area (Å²) >= 11 is 6.14.